The lowest BCUT2D eigenvalue weighted by molar-refractivity contribution is 0.408. The molecule has 1 unspecified atom stereocenters. The van der Waals surface area contributed by atoms with E-state index in [1.807, 2.05) is 24.3 Å². The second-order valence-corrected chi connectivity index (χ2v) is 6.00. The van der Waals surface area contributed by atoms with Crippen LogP contribution < -0.4 is 10.5 Å². The van der Waals surface area contributed by atoms with Crippen molar-refractivity contribution >= 4 is 34.5 Å². The van der Waals surface area contributed by atoms with E-state index in [4.69, 9.17) is 33.7 Å². The number of hydrogen-bond acceptors (Lipinski definition) is 3. The summed E-state index contributed by atoms with van der Waals surface area (Å²) in [6.45, 7) is 0.480. The average Bonchev–Trinajstić information content (AvgIpc) is 2.77. The van der Waals surface area contributed by atoms with Gasteiger partial charge in [-0.1, -0.05) is 23.2 Å². The van der Waals surface area contributed by atoms with Gasteiger partial charge in [-0.05, 0) is 30.3 Å². The number of methoxy groups -OCH3 is 1. The quantitative estimate of drug-likeness (QED) is 0.920. The van der Waals surface area contributed by atoms with Crippen molar-refractivity contribution in [2.45, 2.75) is 5.92 Å². The van der Waals surface area contributed by atoms with E-state index in [0.717, 1.165) is 20.5 Å². The van der Waals surface area contributed by atoms with Gasteiger partial charge in [-0.25, -0.2) is 0 Å². The molecule has 5 heteroatoms. The highest BCUT2D eigenvalue weighted by Gasteiger charge is 2.19. The molecule has 0 fully saturated rings. The molecule has 1 aromatic carbocycles. The number of ether oxygens (including phenoxy) is 1. The van der Waals surface area contributed by atoms with Gasteiger partial charge in [0.15, 0.2) is 0 Å². The zero-order valence-corrected chi connectivity index (χ0v) is 12.1. The fourth-order valence-electron chi connectivity index (χ4n) is 1.89. The van der Waals surface area contributed by atoms with Gasteiger partial charge in [-0.3, -0.25) is 0 Å². The summed E-state index contributed by atoms with van der Waals surface area (Å²) < 4.78 is 6.12. The Labute approximate surface area is 120 Å². The SMILES string of the molecule is COc1ccc(Cl)cc1C(CN)c1ccc(Cl)s1. The van der Waals surface area contributed by atoms with Crippen LogP contribution in [0.25, 0.3) is 0 Å². The van der Waals surface area contributed by atoms with Crippen LogP contribution in [0, 0.1) is 0 Å². The lowest BCUT2D eigenvalue weighted by Gasteiger charge is -2.17. The van der Waals surface area contributed by atoms with Gasteiger partial charge in [0.05, 0.1) is 11.4 Å². The number of rotatable bonds is 4. The minimum absolute atomic E-state index is 0.0520. The van der Waals surface area contributed by atoms with Crippen LogP contribution in [0.5, 0.6) is 5.75 Å². The Morgan fingerprint density at radius 3 is 2.61 bits per heavy atom. The van der Waals surface area contributed by atoms with Crippen LogP contribution in [-0.2, 0) is 0 Å². The second-order valence-electron chi connectivity index (χ2n) is 3.82. The van der Waals surface area contributed by atoms with Crippen molar-refractivity contribution in [1.82, 2.24) is 0 Å². The smallest absolute Gasteiger partial charge is 0.122 e. The zero-order chi connectivity index (χ0) is 13.1. The molecule has 0 saturated heterocycles. The van der Waals surface area contributed by atoms with Crippen molar-refractivity contribution < 1.29 is 4.74 Å². The molecule has 2 N–H and O–H groups in total. The zero-order valence-electron chi connectivity index (χ0n) is 9.82. The molecule has 0 aliphatic rings. The average molecular weight is 302 g/mol. The third-order valence-corrected chi connectivity index (χ3v) is 4.32. The van der Waals surface area contributed by atoms with Crippen LogP contribution >= 0.6 is 34.5 Å². The molecular weight excluding hydrogens is 289 g/mol. The molecule has 2 rings (SSSR count). The maximum absolute atomic E-state index is 6.05. The van der Waals surface area contributed by atoms with E-state index in [-0.39, 0.29) is 5.92 Å². The highest BCUT2D eigenvalue weighted by Crippen LogP contribution is 2.37. The standard InChI is InChI=1S/C13H13Cl2NOS/c1-17-11-3-2-8(14)6-9(11)10(7-16)12-4-5-13(15)18-12/h2-6,10H,7,16H2,1H3. The van der Waals surface area contributed by atoms with Gasteiger partial charge in [-0.15, -0.1) is 11.3 Å². The third-order valence-electron chi connectivity index (χ3n) is 2.74. The van der Waals surface area contributed by atoms with Crippen molar-refractivity contribution in [2.24, 2.45) is 5.73 Å². The third kappa shape index (κ3) is 2.81. The summed E-state index contributed by atoms with van der Waals surface area (Å²) in [4.78, 5) is 1.11. The van der Waals surface area contributed by atoms with E-state index in [0.29, 0.717) is 11.6 Å². The maximum atomic E-state index is 6.05. The molecule has 0 radical (unpaired) electrons. The fourth-order valence-corrected chi connectivity index (χ4v) is 3.26. The Bertz CT molecular complexity index is 542. The van der Waals surface area contributed by atoms with Crippen molar-refractivity contribution in [3.05, 3.63) is 50.1 Å². The fraction of sp³-hybridized carbons (Fsp3) is 0.231. The summed E-state index contributed by atoms with van der Waals surface area (Å²) in [5.41, 5.74) is 6.88. The Morgan fingerprint density at radius 2 is 2.06 bits per heavy atom. The van der Waals surface area contributed by atoms with Crippen LogP contribution in [0.1, 0.15) is 16.4 Å². The van der Waals surface area contributed by atoms with Gasteiger partial charge in [0.25, 0.3) is 0 Å². The summed E-state index contributed by atoms with van der Waals surface area (Å²) >= 11 is 13.5. The van der Waals surface area contributed by atoms with Crippen molar-refractivity contribution in [3.63, 3.8) is 0 Å². The van der Waals surface area contributed by atoms with E-state index in [1.54, 1.807) is 13.2 Å². The predicted octanol–water partition coefficient (Wildman–Crippen LogP) is 4.15. The molecule has 2 nitrogen and oxygen atoms in total. The first-order valence-corrected chi connectivity index (χ1v) is 7.01. The molecule has 0 amide bonds. The van der Waals surface area contributed by atoms with E-state index in [9.17, 15) is 0 Å². The number of halogens is 2. The predicted molar refractivity (Wildman–Crippen MR) is 78.2 cm³/mol. The van der Waals surface area contributed by atoms with Gasteiger partial charge >= 0.3 is 0 Å². The summed E-state index contributed by atoms with van der Waals surface area (Å²) in [6, 6.07) is 9.42. The summed E-state index contributed by atoms with van der Waals surface area (Å²) in [7, 11) is 1.64. The first-order valence-electron chi connectivity index (χ1n) is 5.44. The van der Waals surface area contributed by atoms with Crippen LogP contribution in [0.15, 0.2) is 30.3 Å². The van der Waals surface area contributed by atoms with Gasteiger partial charge in [-0.2, -0.15) is 0 Å². The second kappa shape index (κ2) is 5.93. The molecular formula is C13H13Cl2NOS. The minimum atomic E-state index is 0.0520. The topological polar surface area (TPSA) is 35.2 Å². The van der Waals surface area contributed by atoms with Crippen molar-refractivity contribution in [1.29, 1.82) is 0 Å². The first kappa shape index (κ1) is 13.7. The highest BCUT2D eigenvalue weighted by molar-refractivity contribution is 7.16. The van der Waals surface area contributed by atoms with Crippen LogP contribution in [0.2, 0.25) is 9.36 Å². The number of thiophene rings is 1. The molecule has 96 valence electrons. The molecule has 1 heterocycles. The van der Waals surface area contributed by atoms with Crippen LogP contribution in [0.3, 0.4) is 0 Å². The number of benzene rings is 1. The van der Waals surface area contributed by atoms with Gasteiger partial charge in [0.2, 0.25) is 0 Å². The lowest BCUT2D eigenvalue weighted by atomic mass is 9.96. The van der Waals surface area contributed by atoms with E-state index < -0.39 is 0 Å². The van der Waals surface area contributed by atoms with Gasteiger partial charge < -0.3 is 10.5 Å². The molecule has 2 aromatic rings. The summed E-state index contributed by atoms with van der Waals surface area (Å²) in [5.74, 6) is 0.843. The highest BCUT2D eigenvalue weighted by atomic mass is 35.5. The minimum Gasteiger partial charge on any atom is -0.496 e. The number of nitrogens with two attached hydrogens (primary N) is 1. The Hall–Kier alpha value is -0.740. The first-order chi connectivity index (χ1) is 8.65. The molecule has 1 atom stereocenters. The molecule has 0 saturated carbocycles. The Kier molecular flexibility index (Phi) is 4.51. The van der Waals surface area contributed by atoms with E-state index in [2.05, 4.69) is 0 Å². The number of hydrogen-bond donors (Lipinski definition) is 1. The lowest BCUT2D eigenvalue weighted by Crippen LogP contribution is -2.13. The largest absolute Gasteiger partial charge is 0.496 e. The molecule has 1 aromatic heterocycles. The Morgan fingerprint density at radius 1 is 1.28 bits per heavy atom. The van der Waals surface area contributed by atoms with E-state index >= 15 is 0 Å². The molecule has 0 spiro atoms. The summed E-state index contributed by atoms with van der Waals surface area (Å²) in [6.07, 6.45) is 0. The molecule has 0 aliphatic carbocycles. The van der Waals surface area contributed by atoms with E-state index in [1.165, 1.54) is 11.3 Å². The normalized spacial score (nSPS) is 12.4. The summed E-state index contributed by atoms with van der Waals surface area (Å²) in [5, 5.41) is 0.673. The maximum Gasteiger partial charge on any atom is 0.122 e. The monoisotopic (exact) mass is 301 g/mol. The van der Waals surface area contributed by atoms with Crippen molar-refractivity contribution in [2.75, 3.05) is 13.7 Å². The van der Waals surface area contributed by atoms with Gasteiger partial charge in [0, 0.05) is 27.9 Å². The van der Waals surface area contributed by atoms with Crippen LogP contribution in [-0.4, -0.2) is 13.7 Å². The Balaban J connectivity index is 2.47. The molecule has 0 aliphatic heterocycles. The van der Waals surface area contributed by atoms with Crippen molar-refractivity contribution in [3.8, 4) is 5.75 Å². The molecule has 0 bridgehead atoms. The molecule has 18 heavy (non-hydrogen) atoms. The van der Waals surface area contributed by atoms with Gasteiger partial charge in [0.1, 0.15) is 5.75 Å². The van der Waals surface area contributed by atoms with Crippen LogP contribution in [0.4, 0.5) is 0 Å².